The van der Waals surface area contributed by atoms with Gasteiger partial charge in [0.05, 0.1) is 57.2 Å². The summed E-state index contributed by atoms with van der Waals surface area (Å²) in [6.45, 7) is 10.9. The van der Waals surface area contributed by atoms with E-state index < -0.39 is 0 Å². The summed E-state index contributed by atoms with van der Waals surface area (Å²) >= 11 is 0. The molecule has 1 aromatic rings. The van der Waals surface area contributed by atoms with Gasteiger partial charge in [0.1, 0.15) is 12.4 Å². The molecule has 0 spiro atoms. The fraction of sp³-hybridized carbons (Fsp3) is 0.615. The summed E-state index contributed by atoms with van der Waals surface area (Å²) in [6, 6.07) is 3.51. The number of ether oxygens (including phenoxy) is 5. The fourth-order valence-electron chi connectivity index (χ4n) is 4.65. The predicted molar refractivity (Wildman–Crippen MR) is 127 cm³/mol. The van der Waals surface area contributed by atoms with Gasteiger partial charge in [0.15, 0.2) is 0 Å². The Kier molecular flexibility index (Phi) is 9.92. The van der Waals surface area contributed by atoms with Crippen molar-refractivity contribution in [3.63, 3.8) is 0 Å². The summed E-state index contributed by atoms with van der Waals surface area (Å²) in [5.41, 5.74) is 2.24. The first-order valence-corrected chi connectivity index (χ1v) is 11.9. The van der Waals surface area contributed by atoms with Crippen molar-refractivity contribution in [2.24, 2.45) is 5.92 Å². The second-order valence-corrected chi connectivity index (χ2v) is 8.89. The van der Waals surface area contributed by atoms with E-state index in [1.165, 1.54) is 7.11 Å². The zero-order chi connectivity index (χ0) is 24.5. The van der Waals surface area contributed by atoms with Gasteiger partial charge in [-0.05, 0) is 56.4 Å². The van der Waals surface area contributed by atoms with Crippen molar-refractivity contribution in [1.82, 2.24) is 4.90 Å². The Morgan fingerprint density at radius 3 is 2.65 bits per heavy atom. The van der Waals surface area contributed by atoms with Gasteiger partial charge in [0.25, 0.3) is 0 Å². The molecule has 34 heavy (non-hydrogen) atoms. The van der Waals surface area contributed by atoms with Crippen LogP contribution in [0.4, 0.5) is 0 Å². The van der Waals surface area contributed by atoms with Crippen molar-refractivity contribution in [2.45, 2.75) is 45.3 Å². The van der Waals surface area contributed by atoms with E-state index in [9.17, 15) is 9.59 Å². The molecule has 188 valence electrons. The lowest BCUT2D eigenvalue weighted by atomic mass is 10.0. The molecule has 0 N–H and O–H groups in total. The third-order valence-electron chi connectivity index (χ3n) is 6.28. The molecule has 1 amide bonds. The average Bonchev–Trinajstić information content (AvgIpc) is 3.25. The summed E-state index contributed by atoms with van der Waals surface area (Å²) in [6.07, 6.45) is 4.14. The highest BCUT2D eigenvalue weighted by atomic mass is 16.5. The van der Waals surface area contributed by atoms with Crippen LogP contribution in [0.25, 0.3) is 0 Å². The fourth-order valence-corrected chi connectivity index (χ4v) is 4.65. The van der Waals surface area contributed by atoms with E-state index in [4.69, 9.17) is 23.7 Å². The summed E-state index contributed by atoms with van der Waals surface area (Å²) in [5, 5.41) is 0. The van der Waals surface area contributed by atoms with Crippen molar-refractivity contribution in [3.05, 3.63) is 41.5 Å². The van der Waals surface area contributed by atoms with Crippen LogP contribution in [0.3, 0.4) is 0 Å². The Balaban J connectivity index is 1.52. The molecule has 2 aliphatic heterocycles. The van der Waals surface area contributed by atoms with E-state index in [2.05, 4.69) is 6.58 Å². The molecule has 0 radical (unpaired) electrons. The minimum absolute atomic E-state index is 0.0179. The monoisotopic (exact) mass is 475 g/mol. The molecule has 0 saturated carbocycles. The van der Waals surface area contributed by atoms with Gasteiger partial charge in [-0.3, -0.25) is 4.79 Å². The SMILES string of the molecule is C=CCOC[C@H]1C[C@@H](OCCOc2c(C)cc(C(=O)OC)cc2C)CN1C(=O)C1CCCOC1. The summed E-state index contributed by atoms with van der Waals surface area (Å²) < 4.78 is 28.0. The lowest BCUT2D eigenvalue weighted by Crippen LogP contribution is -2.44. The number of amides is 1. The number of esters is 1. The lowest BCUT2D eigenvalue weighted by Gasteiger charge is -2.30. The summed E-state index contributed by atoms with van der Waals surface area (Å²) in [7, 11) is 1.37. The maximum absolute atomic E-state index is 13.1. The van der Waals surface area contributed by atoms with Gasteiger partial charge in [-0.25, -0.2) is 4.79 Å². The van der Waals surface area contributed by atoms with Crippen molar-refractivity contribution < 1.29 is 33.3 Å². The number of nitrogens with zero attached hydrogens (tertiary/aromatic N) is 1. The molecule has 0 aromatic heterocycles. The quantitative estimate of drug-likeness (QED) is 0.276. The maximum Gasteiger partial charge on any atom is 0.337 e. The molecule has 1 unspecified atom stereocenters. The third-order valence-corrected chi connectivity index (χ3v) is 6.28. The molecule has 2 aliphatic rings. The number of methoxy groups -OCH3 is 1. The summed E-state index contributed by atoms with van der Waals surface area (Å²) in [4.78, 5) is 26.8. The number of hydrogen-bond acceptors (Lipinski definition) is 7. The molecule has 8 nitrogen and oxygen atoms in total. The van der Waals surface area contributed by atoms with Crippen molar-refractivity contribution >= 4 is 11.9 Å². The van der Waals surface area contributed by atoms with Crippen LogP contribution in [-0.4, -0.2) is 82.2 Å². The van der Waals surface area contributed by atoms with Crippen LogP contribution < -0.4 is 4.74 Å². The van der Waals surface area contributed by atoms with Gasteiger partial charge >= 0.3 is 5.97 Å². The number of likely N-dealkylation sites (tertiary alicyclic amines) is 1. The van der Waals surface area contributed by atoms with E-state index >= 15 is 0 Å². The number of rotatable bonds is 11. The van der Waals surface area contributed by atoms with Gasteiger partial charge in [-0.15, -0.1) is 6.58 Å². The van der Waals surface area contributed by atoms with Gasteiger partial charge in [-0.1, -0.05) is 6.08 Å². The standard InChI is InChI=1S/C26H37NO7/c1-5-8-31-17-22-14-23(15-27(22)25(28)20-7-6-9-32-16-20)33-10-11-34-24-18(2)12-21(13-19(24)3)26(29)30-4/h5,12-13,20,22-23H,1,6-11,14-17H2,2-4H3/t20?,22-,23-/m1/s1. The topological polar surface area (TPSA) is 83.5 Å². The number of aryl methyl sites for hydroxylation is 2. The Morgan fingerprint density at radius 2 is 2.00 bits per heavy atom. The van der Waals surface area contributed by atoms with Crippen LogP contribution in [-0.2, 0) is 23.7 Å². The minimum atomic E-state index is -0.368. The van der Waals surface area contributed by atoms with E-state index in [0.717, 1.165) is 42.7 Å². The van der Waals surface area contributed by atoms with Crippen LogP contribution in [0.1, 0.15) is 40.7 Å². The molecule has 0 bridgehead atoms. The molecule has 1 aromatic carbocycles. The molecule has 2 saturated heterocycles. The number of carbonyl (C=O) groups excluding carboxylic acids is 2. The maximum atomic E-state index is 13.1. The van der Waals surface area contributed by atoms with E-state index in [-0.39, 0.29) is 29.9 Å². The molecule has 8 heteroatoms. The highest BCUT2D eigenvalue weighted by Gasteiger charge is 2.39. The molecule has 0 aliphatic carbocycles. The second-order valence-electron chi connectivity index (χ2n) is 8.89. The Bertz CT molecular complexity index is 827. The second kappa shape index (κ2) is 12.9. The first kappa shape index (κ1) is 26.2. The Labute approximate surface area is 202 Å². The zero-order valence-corrected chi connectivity index (χ0v) is 20.5. The van der Waals surface area contributed by atoms with Crippen LogP contribution >= 0.6 is 0 Å². The van der Waals surface area contributed by atoms with Crippen LogP contribution in [0, 0.1) is 19.8 Å². The van der Waals surface area contributed by atoms with Gasteiger partial charge in [0, 0.05) is 13.2 Å². The van der Waals surface area contributed by atoms with Gasteiger partial charge in [-0.2, -0.15) is 0 Å². The third kappa shape index (κ3) is 6.81. The number of hydrogen-bond donors (Lipinski definition) is 0. The van der Waals surface area contributed by atoms with Gasteiger partial charge in [0.2, 0.25) is 5.91 Å². The molecule has 2 fully saturated rings. The molecule has 3 atom stereocenters. The normalized spacial score (nSPS) is 22.4. The molecule has 2 heterocycles. The van der Waals surface area contributed by atoms with E-state index in [0.29, 0.717) is 45.1 Å². The zero-order valence-electron chi connectivity index (χ0n) is 20.5. The van der Waals surface area contributed by atoms with Crippen LogP contribution in [0.5, 0.6) is 5.75 Å². The smallest absolute Gasteiger partial charge is 0.337 e. The lowest BCUT2D eigenvalue weighted by molar-refractivity contribution is -0.142. The highest BCUT2D eigenvalue weighted by molar-refractivity contribution is 5.90. The van der Waals surface area contributed by atoms with Crippen LogP contribution in [0.15, 0.2) is 24.8 Å². The van der Waals surface area contributed by atoms with Crippen LogP contribution in [0.2, 0.25) is 0 Å². The molecular formula is C26H37NO7. The highest BCUT2D eigenvalue weighted by Crippen LogP contribution is 2.27. The first-order valence-electron chi connectivity index (χ1n) is 11.9. The average molecular weight is 476 g/mol. The molecule has 3 rings (SSSR count). The number of carbonyl (C=O) groups is 2. The summed E-state index contributed by atoms with van der Waals surface area (Å²) in [5.74, 6) is 0.420. The van der Waals surface area contributed by atoms with E-state index in [1.54, 1.807) is 18.2 Å². The van der Waals surface area contributed by atoms with Crippen molar-refractivity contribution in [3.8, 4) is 5.75 Å². The van der Waals surface area contributed by atoms with E-state index in [1.807, 2.05) is 18.7 Å². The largest absolute Gasteiger partial charge is 0.491 e. The minimum Gasteiger partial charge on any atom is -0.491 e. The van der Waals surface area contributed by atoms with Gasteiger partial charge < -0.3 is 28.6 Å². The van der Waals surface area contributed by atoms with Crippen molar-refractivity contribution in [2.75, 3.05) is 53.3 Å². The predicted octanol–water partition coefficient (Wildman–Crippen LogP) is 3.08. The van der Waals surface area contributed by atoms with Crippen molar-refractivity contribution in [1.29, 1.82) is 0 Å². The number of benzene rings is 1. The molecular weight excluding hydrogens is 438 g/mol. The Morgan fingerprint density at radius 1 is 1.24 bits per heavy atom. The first-order chi connectivity index (χ1) is 16.4. The Hall–Kier alpha value is -2.42.